The third-order valence-electron chi connectivity index (χ3n) is 4.65. The molecule has 7 nitrogen and oxygen atoms in total. The van der Waals surface area contributed by atoms with Gasteiger partial charge in [-0.05, 0) is 60.4 Å². The maximum Gasteiger partial charge on any atom is 0.336 e. The lowest BCUT2D eigenvalue weighted by molar-refractivity contribution is -0.128. The normalized spacial score (nSPS) is 11.1. The van der Waals surface area contributed by atoms with Gasteiger partial charge >= 0.3 is 5.97 Å². The summed E-state index contributed by atoms with van der Waals surface area (Å²) in [4.78, 5) is 24.3. The number of amides is 1. The molecule has 0 saturated heterocycles. The molecule has 0 fully saturated rings. The Kier molecular flexibility index (Phi) is 10.9. The summed E-state index contributed by atoms with van der Waals surface area (Å²) in [6.07, 6.45) is 7.14. The quantitative estimate of drug-likeness (QED) is 0.158. The molecule has 0 atom stereocenters. The number of hydrogen-bond donors (Lipinski definition) is 1. The Labute approximate surface area is 200 Å². The van der Waals surface area contributed by atoms with E-state index in [2.05, 4.69) is 5.32 Å². The molecule has 0 aliphatic rings. The fourth-order valence-corrected chi connectivity index (χ4v) is 2.85. The summed E-state index contributed by atoms with van der Waals surface area (Å²) >= 11 is 0. The van der Waals surface area contributed by atoms with E-state index < -0.39 is 11.9 Å². The zero-order valence-corrected chi connectivity index (χ0v) is 19.8. The second-order valence-electron chi connectivity index (χ2n) is 7.36. The fourth-order valence-electron chi connectivity index (χ4n) is 2.85. The molecule has 1 amide bonds. The van der Waals surface area contributed by atoms with Gasteiger partial charge in [-0.3, -0.25) is 4.79 Å². The minimum Gasteiger partial charge on any atom is -0.493 e. The Bertz CT molecular complexity index is 1070. The minimum atomic E-state index is -0.540. The first-order valence-electron chi connectivity index (χ1n) is 11.2. The lowest BCUT2D eigenvalue weighted by Gasteiger charge is -2.10. The topological polar surface area (TPSA) is 97.7 Å². The van der Waals surface area contributed by atoms with Crippen LogP contribution >= 0.6 is 0 Å². The van der Waals surface area contributed by atoms with Gasteiger partial charge < -0.3 is 19.5 Å². The van der Waals surface area contributed by atoms with Crippen LogP contribution in [0.1, 0.15) is 44.2 Å². The van der Waals surface area contributed by atoms with Gasteiger partial charge in [0.1, 0.15) is 17.4 Å². The van der Waals surface area contributed by atoms with E-state index in [1.54, 1.807) is 49.6 Å². The maximum atomic E-state index is 12.2. The summed E-state index contributed by atoms with van der Waals surface area (Å²) in [5.74, 6) is 0.637. The number of rotatable bonds is 12. The zero-order valence-electron chi connectivity index (χ0n) is 19.8. The summed E-state index contributed by atoms with van der Waals surface area (Å²) in [6, 6.07) is 13.9. The molecule has 0 radical (unpaired) electrons. The molecule has 34 heavy (non-hydrogen) atoms. The van der Waals surface area contributed by atoms with Gasteiger partial charge in [0.25, 0.3) is 5.91 Å². The second-order valence-corrected chi connectivity index (χ2v) is 7.36. The number of methoxy groups -OCH3 is 1. The molecule has 2 aromatic carbocycles. The van der Waals surface area contributed by atoms with Crippen molar-refractivity contribution in [3.8, 4) is 23.3 Å². The lowest BCUT2D eigenvalue weighted by Crippen LogP contribution is -2.25. The Morgan fingerprint density at radius 2 is 1.76 bits per heavy atom. The molecular formula is C27H30N2O5. The van der Waals surface area contributed by atoms with Crippen LogP contribution in [0.2, 0.25) is 0 Å². The first-order chi connectivity index (χ1) is 16.5. The standard InChI is InChI=1S/C27H30N2O5/c1-4-6-15-29-27(31)22(19-28)17-20-7-11-23(12-8-20)34-26(30)14-10-21-9-13-24(33-16-5-2)25(18-21)32-3/h7-14,17-18H,4-6,15-16H2,1-3H3,(H,29,31)/b14-10+,22-17+. The molecule has 0 unspecified atom stereocenters. The van der Waals surface area contributed by atoms with Crippen LogP contribution in [0, 0.1) is 11.3 Å². The maximum absolute atomic E-state index is 12.2. The van der Waals surface area contributed by atoms with Crippen LogP contribution in [0.15, 0.2) is 54.1 Å². The van der Waals surface area contributed by atoms with Crippen LogP contribution in [0.4, 0.5) is 0 Å². The summed E-state index contributed by atoms with van der Waals surface area (Å²) in [7, 11) is 1.56. The van der Waals surface area contributed by atoms with Crippen LogP contribution in [0.25, 0.3) is 12.2 Å². The van der Waals surface area contributed by atoms with Crippen LogP contribution in [0.5, 0.6) is 17.2 Å². The fraction of sp³-hybridized carbons (Fsp3) is 0.296. The molecule has 2 rings (SSSR count). The molecule has 1 N–H and O–H groups in total. The Hall–Kier alpha value is -4.05. The highest BCUT2D eigenvalue weighted by atomic mass is 16.5. The lowest BCUT2D eigenvalue weighted by atomic mass is 10.1. The Morgan fingerprint density at radius 3 is 2.41 bits per heavy atom. The molecule has 0 aliphatic heterocycles. The molecule has 178 valence electrons. The minimum absolute atomic E-state index is 0.0188. The number of nitrogens with one attached hydrogen (secondary N) is 1. The van der Waals surface area contributed by atoms with E-state index in [1.807, 2.05) is 26.0 Å². The average Bonchev–Trinajstić information content (AvgIpc) is 2.86. The second kappa shape index (κ2) is 14.2. The van der Waals surface area contributed by atoms with Gasteiger partial charge in [-0.15, -0.1) is 0 Å². The van der Waals surface area contributed by atoms with E-state index in [4.69, 9.17) is 14.2 Å². The van der Waals surface area contributed by atoms with E-state index in [0.29, 0.717) is 36.0 Å². The van der Waals surface area contributed by atoms with Gasteiger partial charge in [0.2, 0.25) is 0 Å². The predicted octanol–water partition coefficient (Wildman–Crippen LogP) is 4.93. The van der Waals surface area contributed by atoms with Crippen molar-refractivity contribution in [3.05, 3.63) is 65.2 Å². The largest absolute Gasteiger partial charge is 0.493 e. The Morgan fingerprint density at radius 1 is 1.03 bits per heavy atom. The van der Waals surface area contributed by atoms with Crippen LogP contribution in [-0.4, -0.2) is 32.1 Å². The predicted molar refractivity (Wildman–Crippen MR) is 131 cm³/mol. The SMILES string of the molecule is CCCCNC(=O)/C(C#N)=C/c1ccc(OC(=O)/C=C/c2ccc(OCCC)c(OC)c2)cc1. The molecule has 0 saturated carbocycles. The van der Waals surface area contributed by atoms with Gasteiger partial charge in [-0.2, -0.15) is 5.26 Å². The summed E-state index contributed by atoms with van der Waals surface area (Å²) in [6.45, 7) is 5.17. The smallest absolute Gasteiger partial charge is 0.336 e. The number of esters is 1. The first kappa shape index (κ1) is 26.2. The van der Waals surface area contributed by atoms with E-state index in [1.165, 1.54) is 12.2 Å². The van der Waals surface area contributed by atoms with Crippen molar-refractivity contribution in [1.82, 2.24) is 5.32 Å². The Balaban J connectivity index is 1.98. The monoisotopic (exact) mass is 462 g/mol. The van der Waals surface area contributed by atoms with Crippen molar-refractivity contribution in [2.75, 3.05) is 20.3 Å². The number of carbonyl (C=O) groups is 2. The molecule has 0 heterocycles. The van der Waals surface area contributed by atoms with Gasteiger partial charge in [0.05, 0.1) is 13.7 Å². The molecule has 7 heteroatoms. The third kappa shape index (κ3) is 8.47. The van der Waals surface area contributed by atoms with Crippen molar-refractivity contribution < 1.29 is 23.8 Å². The van der Waals surface area contributed by atoms with Crippen molar-refractivity contribution in [1.29, 1.82) is 5.26 Å². The third-order valence-corrected chi connectivity index (χ3v) is 4.65. The van der Waals surface area contributed by atoms with E-state index in [-0.39, 0.29) is 5.57 Å². The summed E-state index contributed by atoms with van der Waals surface area (Å²) < 4.78 is 16.3. The van der Waals surface area contributed by atoms with E-state index >= 15 is 0 Å². The molecule has 0 aromatic heterocycles. The highest BCUT2D eigenvalue weighted by Gasteiger charge is 2.09. The number of nitrogens with zero attached hydrogens (tertiary/aromatic N) is 1. The van der Waals surface area contributed by atoms with Gasteiger partial charge in [-0.25, -0.2) is 4.79 Å². The molecule has 0 spiro atoms. The molecular weight excluding hydrogens is 432 g/mol. The van der Waals surface area contributed by atoms with Crippen molar-refractivity contribution in [3.63, 3.8) is 0 Å². The van der Waals surface area contributed by atoms with Crippen LogP contribution in [0.3, 0.4) is 0 Å². The highest BCUT2D eigenvalue weighted by Crippen LogP contribution is 2.28. The average molecular weight is 463 g/mol. The number of nitriles is 1. The zero-order chi connectivity index (χ0) is 24.8. The highest BCUT2D eigenvalue weighted by molar-refractivity contribution is 6.01. The van der Waals surface area contributed by atoms with Crippen molar-refractivity contribution >= 4 is 24.0 Å². The summed E-state index contributed by atoms with van der Waals surface area (Å²) in [5, 5.41) is 12.0. The molecule has 0 aliphatic carbocycles. The number of unbranched alkanes of at least 4 members (excludes halogenated alkanes) is 1. The van der Waals surface area contributed by atoms with Crippen LogP contribution in [-0.2, 0) is 9.59 Å². The first-order valence-corrected chi connectivity index (χ1v) is 11.2. The number of hydrogen-bond acceptors (Lipinski definition) is 6. The number of benzene rings is 2. The molecule has 2 aromatic rings. The van der Waals surface area contributed by atoms with Crippen LogP contribution < -0.4 is 19.5 Å². The summed E-state index contributed by atoms with van der Waals surface area (Å²) in [5.41, 5.74) is 1.43. The van der Waals surface area contributed by atoms with Gasteiger partial charge in [0, 0.05) is 12.6 Å². The van der Waals surface area contributed by atoms with E-state index in [9.17, 15) is 14.9 Å². The van der Waals surface area contributed by atoms with E-state index in [0.717, 1.165) is 24.8 Å². The van der Waals surface area contributed by atoms with Crippen molar-refractivity contribution in [2.24, 2.45) is 0 Å². The molecule has 0 bridgehead atoms. The van der Waals surface area contributed by atoms with Gasteiger partial charge in [0.15, 0.2) is 11.5 Å². The number of carbonyl (C=O) groups excluding carboxylic acids is 2. The number of ether oxygens (including phenoxy) is 3. The van der Waals surface area contributed by atoms with Gasteiger partial charge in [-0.1, -0.05) is 38.5 Å². The van der Waals surface area contributed by atoms with Crippen molar-refractivity contribution in [2.45, 2.75) is 33.1 Å².